The molecule has 0 radical (unpaired) electrons. The van der Waals surface area contributed by atoms with E-state index in [1.807, 2.05) is 0 Å². The molecule has 12 heteroatoms. The molecule has 0 aliphatic heterocycles. The summed E-state index contributed by atoms with van der Waals surface area (Å²) in [5.74, 6) is -0.452. The van der Waals surface area contributed by atoms with Crippen LogP contribution in [0.2, 0.25) is 10.0 Å². The van der Waals surface area contributed by atoms with E-state index in [0.717, 1.165) is 0 Å². The summed E-state index contributed by atoms with van der Waals surface area (Å²) in [5, 5.41) is 3.22. The van der Waals surface area contributed by atoms with Crippen molar-refractivity contribution in [1.82, 2.24) is 0 Å². The molecule has 4 rings (SSSR count). The molecule has 0 unspecified atom stereocenters. The van der Waals surface area contributed by atoms with Gasteiger partial charge in [0.1, 0.15) is 0 Å². The summed E-state index contributed by atoms with van der Waals surface area (Å²) in [6.07, 6.45) is 0. The van der Waals surface area contributed by atoms with Crippen LogP contribution in [0.25, 0.3) is 0 Å². The van der Waals surface area contributed by atoms with Gasteiger partial charge in [-0.3, -0.25) is 14.2 Å². The third-order valence-corrected chi connectivity index (χ3v) is 8.69. The maximum Gasteiger partial charge on any atom is 0.261 e. The highest BCUT2D eigenvalue weighted by Crippen LogP contribution is 2.28. The van der Waals surface area contributed by atoms with Gasteiger partial charge in [0.15, 0.2) is 0 Å². The van der Waals surface area contributed by atoms with E-state index in [0.29, 0.717) is 27.5 Å². The highest BCUT2D eigenvalue weighted by Gasteiger charge is 2.18. The number of hydrogen-bond donors (Lipinski definition) is 3. The molecule has 0 saturated carbocycles. The average molecular weight is 591 g/mol. The van der Waals surface area contributed by atoms with E-state index in [1.165, 1.54) is 66.7 Å². The summed E-state index contributed by atoms with van der Waals surface area (Å²) >= 11 is 11.9. The van der Waals surface area contributed by atoms with E-state index in [-0.39, 0.29) is 20.5 Å². The van der Waals surface area contributed by atoms with Crippen molar-refractivity contribution in [3.05, 3.63) is 112 Å². The number of sulfonamides is 2. The smallest absolute Gasteiger partial charge is 0.261 e. The van der Waals surface area contributed by atoms with Gasteiger partial charge in [-0.15, -0.1) is 0 Å². The van der Waals surface area contributed by atoms with Crippen LogP contribution in [0.4, 0.5) is 17.1 Å². The molecule has 0 saturated heterocycles. The van der Waals surface area contributed by atoms with Gasteiger partial charge in [-0.1, -0.05) is 41.4 Å². The molecule has 38 heavy (non-hydrogen) atoms. The van der Waals surface area contributed by atoms with Crippen LogP contribution in [-0.2, 0) is 20.0 Å². The summed E-state index contributed by atoms with van der Waals surface area (Å²) in [4.78, 5) is 12.9. The Hall–Kier alpha value is -3.57. The van der Waals surface area contributed by atoms with Gasteiger partial charge in [0, 0.05) is 16.3 Å². The number of halogens is 2. The lowest BCUT2D eigenvalue weighted by Crippen LogP contribution is -2.16. The van der Waals surface area contributed by atoms with Crippen LogP contribution in [0.15, 0.2) is 101 Å². The predicted molar refractivity (Wildman–Crippen MR) is 150 cm³/mol. The molecule has 0 aliphatic carbocycles. The lowest BCUT2D eigenvalue weighted by molar-refractivity contribution is 0.102. The second-order valence-corrected chi connectivity index (χ2v) is 12.4. The summed E-state index contributed by atoms with van der Waals surface area (Å²) < 4.78 is 55.5. The second kappa shape index (κ2) is 11.0. The number of amides is 1. The number of rotatable bonds is 8. The highest BCUT2D eigenvalue weighted by molar-refractivity contribution is 7.93. The first-order valence-electron chi connectivity index (χ1n) is 11.0. The van der Waals surface area contributed by atoms with Crippen LogP contribution in [0.1, 0.15) is 15.9 Å². The standard InChI is InChI=1S/C26H21Cl2N3O5S2/c1-17-15-18(7-13-24(17)30-37(33,34)21-5-3-2-4-6-21)26(32)29-20-9-11-22(12-10-20)38(35,36)31-25-14-8-19(27)16-23(25)28/h2-16,30-31H,1H3,(H,29,32). The van der Waals surface area contributed by atoms with Gasteiger partial charge in [-0.2, -0.15) is 0 Å². The van der Waals surface area contributed by atoms with Crippen molar-refractivity contribution < 1.29 is 21.6 Å². The van der Waals surface area contributed by atoms with E-state index < -0.39 is 26.0 Å². The molecule has 0 heterocycles. The van der Waals surface area contributed by atoms with E-state index in [2.05, 4.69) is 14.8 Å². The van der Waals surface area contributed by atoms with Gasteiger partial charge in [0.05, 0.1) is 26.2 Å². The molecule has 3 N–H and O–H groups in total. The van der Waals surface area contributed by atoms with Gasteiger partial charge in [-0.05, 0) is 85.3 Å². The van der Waals surface area contributed by atoms with Crippen molar-refractivity contribution in [2.45, 2.75) is 16.7 Å². The monoisotopic (exact) mass is 589 g/mol. The lowest BCUT2D eigenvalue weighted by Gasteiger charge is -2.13. The molecule has 0 atom stereocenters. The number of anilines is 3. The summed E-state index contributed by atoms with van der Waals surface area (Å²) in [5.41, 5.74) is 1.72. The molecule has 4 aromatic rings. The number of aryl methyl sites for hydroxylation is 1. The SMILES string of the molecule is Cc1cc(C(=O)Nc2ccc(S(=O)(=O)Nc3ccc(Cl)cc3Cl)cc2)ccc1NS(=O)(=O)c1ccccc1. The van der Waals surface area contributed by atoms with Crippen LogP contribution in [-0.4, -0.2) is 22.7 Å². The number of hydrogen-bond acceptors (Lipinski definition) is 5. The topological polar surface area (TPSA) is 121 Å². The molecule has 1 amide bonds. The fourth-order valence-corrected chi connectivity index (χ4v) is 6.16. The third kappa shape index (κ3) is 6.46. The Morgan fingerprint density at radius 1 is 0.684 bits per heavy atom. The van der Waals surface area contributed by atoms with Gasteiger partial charge in [-0.25, -0.2) is 16.8 Å². The van der Waals surface area contributed by atoms with Crippen LogP contribution in [0.5, 0.6) is 0 Å². The maximum absolute atomic E-state index is 12.8. The number of carbonyl (C=O) groups is 1. The van der Waals surface area contributed by atoms with Crippen LogP contribution >= 0.6 is 23.2 Å². The highest BCUT2D eigenvalue weighted by atomic mass is 35.5. The molecule has 8 nitrogen and oxygen atoms in total. The number of benzene rings is 4. The van der Waals surface area contributed by atoms with Crippen molar-refractivity contribution >= 4 is 66.2 Å². The van der Waals surface area contributed by atoms with Crippen LogP contribution in [0.3, 0.4) is 0 Å². The number of nitrogens with one attached hydrogen (secondary N) is 3. The molecule has 196 valence electrons. The molecule has 0 aliphatic rings. The summed E-state index contributed by atoms with van der Waals surface area (Å²) in [6, 6.07) is 22.5. The summed E-state index contributed by atoms with van der Waals surface area (Å²) in [6.45, 7) is 1.68. The number of carbonyl (C=O) groups excluding carboxylic acids is 1. The second-order valence-electron chi connectivity index (χ2n) is 8.16. The maximum atomic E-state index is 12.8. The first-order valence-corrected chi connectivity index (χ1v) is 14.7. The molecule has 0 aromatic heterocycles. The van der Waals surface area contributed by atoms with Crippen molar-refractivity contribution in [3.8, 4) is 0 Å². The van der Waals surface area contributed by atoms with Gasteiger partial charge < -0.3 is 5.32 Å². The zero-order valence-corrected chi connectivity index (χ0v) is 22.9. The van der Waals surface area contributed by atoms with E-state index >= 15 is 0 Å². The lowest BCUT2D eigenvalue weighted by atomic mass is 10.1. The molecule has 0 bridgehead atoms. The minimum absolute atomic E-state index is 0.0348. The van der Waals surface area contributed by atoms with E-state index in [1.54, 1.807) is 31.2 Å². The zero-order chi connectivity index (χ0) is 27.5. The fraction of sp³-hybridized carbons (Fsp3) is 0.0385. The fourth-order valence-electron chi connectivity index (χ4n) is 3.42. The Bertz CT molecular complexity index is 1710. The zero-order valence-electron chi connectivity index (χ0n) is 19.8. The van der Waals surface area contributed by atoms with Gasteiger partial charge >= 0.3 is 0 Å². The average Bonchev–Trinajstić information content (AvgIpc) is 2.87. The molecular weight excluding hydrogens is 569 g/mol. The summed E-state index contributed by atoms with van der Waals surface area (Å²) in [7, 11) is -7.71. The van der Waals surface area contributed by atoms with Crippen LogP contribution < -0.4 is 14.8 Å². The van der Waals surface area contributed by atoms with Crippen molar-refractivity contribution in [2.75, 3.05) is 14.8 Å². The largest absolute Gasteiger partial charge is 0.322 e. The first-order chi connectivity index (χ1) is 17.9. The molecule has 4 aromatic carbocycles. The Balaban J connectivity index is 1.44. The van der Waals surface area contributed by atoms with Gasteiger partial charge in [0.25, 0.3) is 26.0 Å². The minimum atomic E-state index is -3.94. The molecular formula is C26H21Cl2N3O5S2. The molecule has 0 fully saturated rings. The van der Waals surface area contributed by atoms with Crippen molar-refractivity contribution in [1.29, 1.82) is 0 Å². The Labute approximate surface area is 230 Å². The quantitative estimate of drug-likeness (QED) is 0.227. The Morgan fingerprint density at radius 2 is 1.26 bits per heavy atom. The van der Waals surface area contributed by atoms with Gasteiger partial charge in [0.2, 0.25) is 0 Å². The predicted octanol–water partition coefficient (Wildman–Crippen LogP) is 6.16. The first kappa shape index (κ1) is 27.5. The minimum Gasteiger partial charge on any atom is -0.322 e. The molecule has 0 spiro atoms. The van der Waals surface area contributed by atoms with E-state index in [4.69, 9.17) is 23.2 Å². The van der Waals surface area contributed by atoms with Crippen molar-refractivity contribution in [2.24, 2.45) is 0 Å². The third-order valence-electron chi connectivity index (χ3n) is 5.38. The normalized spacial score (nSPS) is 11.6. The Morgan fingerprint density at radius 3 is 1.87 bits per heavy atom. The Kier molecular flexibility index (Phi) is 7.98. The van der Waals surface area contributed by atoms with Crippen LogP contribution in [0, 0.1) is 6.92 Å². The van der Waals surface area contributed by atoms with E-state index in [9.17, 15) is 21.6 Å². The van der Waals surface area contributed by atoms with Crippen molar-refractivity contribution in [3.63, 3.8) is 0 Å².